The van der Waals surface area contributed by atoms with Crippen molar-refractivity contribution in [1.29, 1.82) is 0 Å². The fourth-order valence-electron chi connectivity index (χ4n) is 1.84. The zero-order valence-electron chi connectivity index (χ0n) is 11.1. The van der Waals surface area contributed by atoms with Gasteiger partial charge in [0.25, 0.3) is 0 Å². The minimum absolute atomic E-state index is 0.130. The van der Waals surface area contributed by atoms with E-state index in [-0.39, 0.29) is 11.7 Å². The van der Waals surface area contributed by atoms with Crippen LogP contribution in [0.25, 0.3) is 21.0 Å². The summed E-state index contributed by atoms with van der Waals surface area (Å²) in [6.07, 6.45) is 0. The molecule has 106 valence electrons. The first-order valence-corrected chi connectivity index (χ1v) is 7.91. The summed E-state index contributed by atoms with van der Waals surface area (Å²) in [4.78, 5) is 17.5. The van der Waals surface area contributed by atoms with E-state index in [9.17, 15) is 9.18 Å². The highest BCUT2D eigenvalue weighted by molar-refractivity contribution is 7.19. The Balaban J connectivity index is 1.86. The number of hydrogen-bond acceptors (Lipinski definition) is 4. The van der Waals surface area contributed by atoms with Crippen molar-refractivity contribution in [3.05, 3.63) is 47.6 Å². The van der Waals surface area contributed by atoms with Gasteiger partial charge in [-0.05, 0) is 29.8 Å². The van der Waals surface area contributed by atoms with Crippen LogP contribution in [0.4, 0.5) is 9.52 Å². The fourth-order valence-corrected chi connectivity index (χ4v) is 3.64. The molecule has 6 heteroatoms. The van der Waals surface area contributed by atoms with E-state index in [1.165, 1.54) is 30.4 Å². The number of amides is 1. The number of thiophene rings is 1. The van der Waals surface area contributed by atoms with Crippen molar-refractivity contribution in [1.82, 2.24) is 4.98 Å². The number of aromatic nitrogens is 1. The number of carbonyl (C=O) groups excluding carboxylic acids is 1. The largest absolute Gasteiger partial charge is 0.302 e. The van der Waals surface area contributed by atoms with Gasteiger partial charge in [0.05, 0.1) is 10.6 Å². The summed E-state index contributed by atoms with van der Waals surface area (Å²) >= 11 is 2.98. The van der Waals surface area contributed by atoms with Gasteiger partial charge in [0.2, 0.25) is 5.91 Å². The molecule has 0 atom stereocenters. The summed E-state index contributed by atoms with van der Waals surface area (Å²) in [5.41, 5.74) is 1.81. The number of benzene rings is 1. The first-order valence-electron chi connectivity index (χ1n) is 6.21. The number of hydrogen-bond donors (Lipinski definition) is 1. The molecule has 3 aromatic rings. The Bertz CT molecular complexity index is 777. The molecule has 0 aliphatic rings. The molecule has 21 heavy (non-hydrogen) atoms. The predicted molar refractivity (Wildman–Crippen MR) is 85.1 cm³/mol. The normalized spacial score (nSPS) is 10.6. The second-order valence-corrected chi connectivity index (χ2v) is 6.33. The lowest BCUT2D eigenvalue weighted by Gasteiger charge is -1.96. The molecule has 3 rings (SSSR count). The third-order valence-electron chi connectivity index (χ3n) is 2.77. The van der Waals surface area contributed by atoms with Crippen LogP contribution in [0.15, 0.2) is 41.8 Å². The molecule has 0 fully saturated rings. The van der Waals surface area contributed by atoms with Crippen molar-refractivity contribution >= 4 is 33.7 Å². The van der Waals surface area contributed by atoms with Gasteiger partial charge in [-0.25, -0.2) is 9.37 Å². The zero-order valence-corrected chi connectivity index (χ0v) is 12.7. The second kappa shape index (κ2) is 5.75. The second-order valence-electron chi connectivity index (χ2n) is 4.39. The maximum absolute atomic E-state index is 12.9. The Morgan fingerprint density at radius 3 is 2.57 bits per heavy atom. The molecule has 1 N–H and O–H groups in total. The van der Waals surface area contributed by atoms with Gasteiger partial charge in [0.1, 0.15) is 5.82 Å². The molecule has 2 heterocycles. The van der Waals surface area contributed by atoms with E-state index in [0.717, 1.165) is 21.0 Å². The van der Waals surface area contributed by atoms with Gasteiger partial charge in [-0.2, -0.15) is 0 Å². The summed E-state index contributed by atoms with van der Waals surface area (Å²) in [5.74, 6) is -0.371. The highest BCUT2D eigenvalue weighted by Crippen LogP contribution is 2.35. The van der Waals surface area contributed by atoms with E-state index in [0.29, 0.717) is 5.13 Å². The average molecular weight is 318 g/mol. The summed E-state index contributed by atoms with van der Waals surface area (Å²) in [6, 6.07) is 10.4. The van der Waals surface area contributed by atoms with E-state index in [2.05, 4.69) is 10.3 Å². The van der Waals surface area contributed by atoms with E-state index >= 15 is 0 Å². The van der Waals surface area contributed by atoms with Gasteiger partial charge in [-0.1, -0.05) is 12.1 Å². The monoisotopic (exact) mass is 318 g/mol. The van der Waals surface area contributed by atoms with Crippen molar-refractivity contribution in [2.75, 3.05) is 5.32 Å². The molecule has 0 spiro atoms. The van der Waals surface area contributed by atoms with Crippen LogP contribution in [0.3, 0.4) is 0 Å². The molecule has 0 saturated heterocycles. The first-order chi connectivity index (χ1) is 10.1. The zero-order chi connectivity index (χ0) is 14.8. The first kappa shape index (κ1) is 13.9. The number of nitrogens with one attached hydrogen (secondary N) is 1. The highest BCUT2D eigenvalue weighted by atomic mass is 32.1. The molecule has 3 nitrogen and oxygen atoms in total. The van der Waals surface area contributed by atoms with Crippen LogP contribution in [0.2, 0.25) is 0 Å². The maximum atomic E-state index is 12.9. The molecule has 0 bridgehead atoms. The van der Waals surface area contributed by atoms with Gasteiger partial charge < -0.3 is 5.32 Å². The number of thiazole rings is 1. The fraction of sp³-hybridized carbons (Fsp3) is 0.0667. The number of anilines is 1. The molecule has 1 aromatic carbocycles. The maximum Gasteiger partial charge on any atom is 0.223 e. The Morgan fingerprint density at radius 1 is 1.14 bits per heavy atom. The SMILES string of the molecule is CC(=O)Nc1nc(-c2ccc(-c3ccc(F)cc3)s2)cs1. The van der Waals surface area contributed by atoms with Crippen LogP contribution in [0, 0.1) is 5.82 Å². The van der Waals surface area contributed by atoms with E-state index in [1.54, 1.807) is 23.5 Å². The van der Waals surface area contributed by atoms with Crippen molar-refractivity contribution in [2.45, 2.75) is 6.92 Å². The summed E-state index contributed by atoms with van der Waals surface area (Å²) < 4.78 is 12.9. The number of carbonyl (C=O) groups is 1. The van der Waals surface area contributed by atoms with Crippen LogP contribution in [-0.2, 0) is 4.79 Å². The molecule has 0 aliphatic heterocycles. The summed E-state index contributed by atoms with van der Waals surface area (Å²) in [6.45, 7) is 1.46. The van der Waals surface area contributed by atoms with E-state index in [1.807, 2.05) is 17.5 Å². The third kappa shape index (κ3) is 3.17. The molecular formula is C15H11FN2OS2. The Morgan fingerprint density at radius 2 is 1.86 bits per heavy atom. The van der Waals surface area contributed by atoms with E-state index < -0.39 is 0 Å². The van der Waals surface area contributed by atoms with E-state index in [4.69, 9.17) is 0 Å². The topological polar surface area (TPSA) is 42.0 Å². The quantitative estimate of drug-likeness (QED) is 0.764. The van der Waals surface area contributed by atoms with Gasteiger partial charge in [-0.3, -0.25) is 4.79 Å². The van der Waals surface area contributed by atoms with Crippen molar-refractivity contribution in [3.63, 3.8) is 0 Å². The number of nitrogens with zero attached hydrogens (tertiary/aromatic N) is 1. The van der Waals surface area contributed by atoms with Gasteiger partial charge in [0, 0.05) is 17.2 Å². The van der Waals surface area contributed by atoms with Crippen LogP contribution in [0.1, 0.15) is 6.92 Å². The lowest BCUT2D eigenvalue weighted by atomic mass is 10.2. The molecule has 2 aromatic heterocycles. The lowest BCUT2D eigenvalue weighted by molar-refractivity contribution is -0.114. The third-order valence-corrected chi connectivity index (χ3v) is 4.69. The Labute approximate surface area is 129 Å². The lowest BCUT2D eigenvalue weighted by Crippen LogP contribution is -2.04. The Kier molecular flexibility index (Phi) is 3.81. The van der Waals surface area contributed by atoms with Crippen LogP contribution >= 0.6 is 22.7 Å². The average Bonchev–Trinajstić information content (AvgIpc) is 3.07. The molecule has 0 saturated carbocycles. The number of rotatable bonds is 3. The molecular weight excluding hydrogens is 307 g/mol. The van der Waals surface area contributed by atoms with Crippen molar-refractivity contribution in [3.8, 4) is 21.0 Å². The minimum atomic E-state index is -0.241. The highest BCUT2D eigenvalue weighted by Gasteiger charge is 2.09. The standard InChI is InChI=1S/C15H11FN2OS2/c1-9(19)17-15-18-12(8-20-15)14-7-6-13(21-14)10-2-4-11(16)5-3-10/h2-8H,1H3,(H,17,18,19). The van der Waals surface area contributed by atoms with Crippen LogP contribution in [0.5, 0.6) is 0 Å². The molecule has 0 aliphatic carbocycles. The Hall–Kier alpha value is -2.05. The van der Waals surface area contributed by atoms with Crippen molar-refractivity contribution < 1.29 is 9.18 Å². The summed E-state index contributed by atoms with van der Waals surface area (Å²) in [7, 11) is 0. The number of halogens is 1. The van der Waals surface area contributed by atoms with Crippen molar-refractivity contribution in [2.24, 2.45) is 0 Å². The minimum Gasteiger partial charge on any atom is -0.302 e. The summed E-state index contributed by atoms with van der Waals surface area (Å²) in [5, 5.41) is 5.17. The van der Waals surface area contributed by atoms with Gasteiger partial charge in [-0.15, -0.1) is 22.7 Å². The van der Waals surface area contributed by atoms with Gasteiger partial charge in [0.15, 0.2) is 5.13 Å². The van der Waals surface area contributed by atoms with Crippen LogP contribution < -0.4 is 5.32 Å². The smallest absolute Gasteiger partial charge is 0.223 e. The van der Waals surface area contributed by atoms with Crippen LogP contribution in [-0.4, -0.2) is 10.9 Å². The molecule has 0 unspecified atom stereocenters. The van der Waals surface area contributed by atoms with Gasteiger partial charge >= 0.3 is 0 Å². The molecule has 1 amide bonds. The molecule has 0 radical (unpaired) electrons. The predicted octanol–water partition coefficient (Wildman–Crippen LogP) is 4.64.